The maximum atomic E-state index is 11.7. The Morgan fingerprint density at radius 3 is 1.91 bits per heavy atom. The van der Waals surface area contributed by atoms with E-state index in [1.807, 2.05) is 0 Å². The average Bonchev–Trinajstić information content (AvgIpc) is 2.52. The topological polar surface area (TPSA) is 122 Å². The fourth-order valence-corrected chi connectivity index (χ4v) is 1.79. The molecule has 0 radical (unpaired) electrons. The van der Waals surface area contributed by atoms with Gasteiger partial charge in [0.25, 0.3) is 0 Å². The Bertz CT molecular complexity index is 590. The first-order valence-corrected chi connectivity index (χ1v) is 6.68. The van der Waals surface area contributed by atoms with E-state index in [4.69, 9.17) is 0 Å². The van der Waals surface area contributed by atoms with E-state index in [9.17, 15) is 24.3 Å². The minimum absolute atomic E-state index is 0.0377. The van der Waals surface area contributed by atoms with E-state index in [2.05, 4.69) is 14.8 Å². The summed E-state index contributed by atoms with van der Waals surface area (Å²) < 4.78 is 9.16. The minimum Gasteiger partial charge on any atom is -0.550 e. The predicted molar refractivity (Wildman–Crippen MR) is 76.6 cm³/mol. The molecule has 0 spiro atoms. The van der Waals surface area contributed by atoms with E-state index in [1.165, 1.54) is 32.4 Å². The summed E-state index contributed by atoms with van der Waals surface area (Å²) in [6.07, 6.45) is -0.151. The Labute approximate surface area is 132 Å². The molecule has 0 saturated carbocycles. The standard InChI is InChI=1S/C15H17NO7/c1-22-14(20)9-6-10(15(21)23-2)8-11(7-9)16-12(17)4-3-5-13(18)19/h6-8H,3-5H2,1-2H3,(H,16,17)(H,18,19)/p-1. The van der Waals surface area contributed by atoms with Crippen LogP contribution >= 0.6 is 0 Å². The zero-order chi connectivity index (χ0) is 17.4. The SMILES string of the molecule is COC(=O)c1cc(NC(=O)CCCC(=O)[O-])cc(C(=O)OC)c1. The molecular formula is C15H16NO7-. The largest absolute Gasteiger partial charge is 0.550 e. The summed E-state index contributed by atoms with van der Waals surface area (Å²) in [7, 11) is 2.37. The summed E-state index contributed by atoms with van der Waals surface area (Å²) >= 11 is 0. The van der Waals surface area contributed by atoms with Gasteiger partial charge in [-0.3, -0.25) is 4.79 Å². The molecule has 23 heavy (non-hydrogen) atoms. The highest BCUT2D eigenvalue weighted by Gasteiger charge is 2.14. The number of ether oxygens (including phenoxy) is 2. The van der Waals surface area contributed by atoms with Crippen molar-refractivity contribution in [3.05, 3.63) is 29.3 Å². The van der Waals surface area contributed by atoms with Crippen molar-refractivity contribution in [3.8, 4) is 0 Å². The van der Waals surface area contributed by atoms with E-state index >= 15 is 0 Å². The lowest BCUT2D eigenvalue weighted by atomic mass is 10.1. The lowest BCUT2D eigenvalue weighted by Crippen LogP contribution is -2.22. The van der Waals surface area contributed by atoms with Crippen molar-refractivity contribution in [1.29, 1.82) is 0 Å². The van der Waals surface area contributed by atoms with Crippen LogP contribution in [-0.4, -0.2) is 38.0 Å². The van der Waals surface area contributed by atoms with Crippen molar-refractivity contribution in [1.82, 2.24) is 0 Å². The second-order valence-electron chi connectivity index (χ2n) is 4.56. The van der Waals surface area contributed by atoms with Crippen molar-refractivity contribution in [2.75, 3.05) is 19.5 Å². The Morgan fingerprint density at radius 1 is 0.957 bits per heavy atom. The number of amides is 1. The van der Waals surface area contributed by atoms with Crippen molar-refractivity contribution in [2.45, 2.75) is 19.3 Å². The average molecular weight is 322 g/mol. The smallest absolute Gasteiger partial charge is 0.337 e. The fraction of sp³-hybridized carbons (Fsp3) is 0.333. The third-order valence-corrected chi connectivity index (χ3v) is 2.84. The summed E-state index contributed by atoms with van der Waals surface area (Å²) in [6.45, 7) is 0. The second-order valence-corrected chi connectivity index (χ2v) is 4.56. The van der Waals surface area contributed by atoms with Gasteiger partial charge in [-0.15, -0.1) is 0 Å². The summed E-state index contributed by atoms with van der Waals surface area (Å²) in [6, 6.07) is 3.97. The first-order chi connectivity index (χ1) is 10.9. The lowest BCUT2D eigenvalue weighted by Gasteiger charge is -2.09. The van der Waals surface area contributed by atoms with Crippen LogP contribution in [0.5, 0.6) is 0 Å². The number of carbonyl (C=O) groups is 4. The number of benzene rings is 1. The number of hydrogen-bond acceptors (Lipinski definition) is 7. The summed E-state index contributed by atoms with van der Waals surface area (Å²) in [4.78, 5) is 45.2. The molecule has 0 aliphatic heterocycles. The number of methoxy groups -OCH3 is 2. The molecule has 0 heterocycles. The van der Waals surface area contributed by atoms with E-state index in [0.717, 1.165) is 0 Å². The van der Waals surface area contributed by atoms with Gasteiger partial charge in [-0.25, -0.2) is 9.59 Å². The number of rotatable bonds is 7. The molecule has 1 amide bonds. The molecule has 1 N–H and O–H groups in total. The van der Waals surface area contributed by atoms with Gasteiger partial charge < -0.3 is 24.7 Å². The van der Waals surface area contributed by atoms with Crippen molar-refractivity contribution < 1.29 is 33.8 Å². The van der Waals surface area contributed by atoms with Crippen molar-refractivity contribution in [2.24, 2.45) is 0 Å². The summed E-state index contributed by atoms with van der Waals surface area (Å²) in [5, 5.41) is 12.8. The Hall–Kier alpha value is -2.90. The lowest BCUT2D eigenvalue weighted by molar-refractivity contribution is -0.305. The number of carboxylic acids is 1. The van der Waals surface area contributed by atoms with Gasteiger partial charge in [0.1, 0.15) is 0 Å². The van der Waals surface area contributed by atoms with Gasteiger partial charge in [-0.2, -0.15) is 0 Å². The van der Waals surface area contributed by atoms with Crippen LogP contribution in [0.1, 0.15) is 40.0 Å². The molecule has 8 heteroatoms. The van der Waals surface area contributed by atoms with Gasteiger partial charge in [0.15, 0.2) is 0 Å². The van der Waals surface area contributed by atoms with Crippen molar-refractivity contribution in [3.63, 3.8) is 0 Å². The first kappa shape index (κ1) is 18.1. The highest BCUT2D eigenvalue weighted by atomic mass is 16.5. The number of aliphatic carboxylic acids is 1. The molecule has 0 aliphatic rings. The number of anilines is 1. The number of carboxylic acid groups (broad SMARTS) is 1. The van der Waals surface area contributed by atoms with Crippen LogP contribution in [-0.2, 0) is 19.1 Å². The summed E-state index contributed by atoms with van der Waals surface area (Å²) in [5.41, 5.74) is 0.340. The fourth-order valence-electron chi connectivity index (χ4n) is 1.79. The normalized spacial score (nSPS) is 9.83. The van der Waals surface area contributed by atoms with Gasteiger partial charge in [-0.05, 0) is 31.0 Å². The van der Waals surface area contributed by atoms with Crippen LogP contribution in [0.25, 0.3) is 0 Å². The number of esters is 2. The molecule has 0 aliphatic carbocycles. The Kier molecular flexibility index (Phi) is 6.72. The molecule has 1 aromatic rings. The van der Waals surface area contributed by atoms with E-state index < -0.39 is 23.8 Å². The highest BCUT2D eigenvalue weighted by Crippen LogP contribution is 2.17. The quantitative estimate of drug-likeness (QED) is 0.707. The number of carbonyl (C=O) groups excluding carboxylic acids is 4. The molecule has 8 nitrogen and oxygen atoms in total. The third kappa shape index (κ3) is 5.77. The van der Waals surface area contributed by atoms with E-state index in [1.54, 1.807) is 0 Å². The van der Waals surface area contributed by atoms with Gasteiger partial charge in [0.2, 0.25) is 5.91 Å². The molecule has 124 valence electrons. The van der Waals surface area contributed by atoms with E-state index in [0.29, 0.717) is 0 Å². The van der Waals surface area contributed by atoms with Crippen LogP contribution in [0.3, 0.4) is 0 Å². The van der Waals surface area contributed by atoms with Gasteiger partial charge >= 0.3 is 11.9 Å². The molecule has 1 aromatic carbocycles. The molecule has 0 saturated heterocycles. The number of hydrogen-bond donors (Lipinski definition) is 1. The molecule has 0 bridgehead atoms. The third-order valence-electron chi connectivity index (χ3n) is 2.84. The summed E-state index contributed by atoms with van der Waals surface area (Å²) in [5.74, 6) is -3.05. The van der Waals surface area contributed by atoms with Crippen LogP contribution in [0, 0.1) is 0 Å². The number of nitrogens with one attached hydrogen (secondary N) is 1. The maximum Gasteiger partial charge on any atom is 0.337 e. The Balaban J connectivity index is 2.91. The highest BCUT2D eigenvalue weighted by molar-refractivity contribution is 5.99. The molecule has 0 atom stereocenters. The molecule has 0 unspecified atom stereocenters. The van der Waals surface area contributed by atoms with Crippen LogP contribution in [0.15, 0.2) is 18.2 Å². The molecule has 0 fully saturated rings. The predicted octanol–water partition coefficient (Wildman–Crippen LogP) is 0.118. The molecular weight excluding hydrogens is 306 g/mol. The first-order valence-electron chi connectivity index (χ1n) is 6.68. The zero-order valence-corrected chi connectivity index (χ0v) is 12.7. The van der Waals surface area contributed by atoms with E-state index in [-0.39, 0.29) is 36.1 Å². The Morgan fingerprint density at radius 2 is 1.48 bits per heavy atom. The van der Waals surface area contributed by atoms with Crippen LogP contribution in [0.4, 0.5) is 5.69 Å². The van der Waals surface area contributed by atoms with Gasteiger partial charge in [-0.1, -0.05) is 0 Å². The van der Waals surface area contributed by atoms with Gasteiger partial charge in [0.05, 0.1) is 25.3 Å². The zero-order valence-electron chi connectivity index (χ0n) is 12.7. The van der Waals surface area contributed by atoms with Crippen LogP contribution < -0.4 is 10.4 Å². The van der Waals surface area contributed by atoms with Crippen LogP contribution in [0.2, 0.25) is 0 Å². The molecule has 0 aromatic heterocycles. The maximum absolute atomic E-state index is 11.7. The van der Waals surface area contributed by atoms with Crippen molar-refractivity contribution >= 4 is 29.5 Å². The van der Waals surface area contributed by atoms with Gasteiger partial charge in [0, 0.05) is 18.1 Å². The second kappa shape index (κ2) is 8.52. The minimum atomic E-state index is -1.24. The monoisotopic (exact) mass is 322 g/mol. The molecule has 1 rings (SSSR count).